The maximum Gasteiger partial charge on any atom is 0.139 e. The number of rotatable bonds is 4. The molecule has 2 nitrogen and oxygen atoms in total. The lowest BCUT2D eigenvalue weighted by atomic mass is 10.3. The van der Waals surface area contributed by atoms with E-state index in [0.717, 1.165) is 12.3 Å². The molecule has 0 fully saturated rings. The van der Waals surface area contributed by atoms with Gasteiger partial charge in [-0.25, -0.2) is 0 Å². The highest BCUT2D eigenvalue weighted by molar-refractivity contribution is 5.19. The minimum Gasteiger partial charge on any atom is -0.478 e. The van der Waals surface area contributed by atoms with Crippen LogP contribution in [0.15, 0.2) is 24.3 Å². The summed E-state index contributed by atoms with van der Waals surface area (Å²) in [5, 5.41) is 3.06. The van der Waals surface area contributed by atoms with Gasteiger partial charge >= 0.3 is 0 Å². The number of benzene rings is 1. The van der Waals surface area contributed by atoms with Crippen LogP contribution in [0, 0.1) is 6.07 Å². The predicted molar refractivity (Wildman–Crippen MR) is 44.4 cm³/mol. The third-order valence-electron chi connectivity index (χ3n) is 1.28. The third-order valence-corrected chi connectivity index (χ3v) is 1.28. The highest BCUT2D eigenvalue weighted by Crippen LogP contribution is 2.06. The van der Waals surface area contributed by atoms with Gasteiger partial charge in [-0.05, 0) is 24.7 Å². The Morgan fingerprint density at radius 2 is 2.18 bits per heavy atom. The Hall–Kier alpha value is -1.02. The standard InChI is InChI=1S/C9H12NO/c1-2-10-8-11-9-6-4-3-5-7-9/h4-7,10H,2,8H2,1H3. The van der Waals surface area contributed by atoms with E-state index in [1.165, 1.54) is 0 Å². The van der Waals surface area contributed by atoms with Gasteiger partial charge < -0.3 is 4.74 Å². The van der Waals surface area contributed by atoms with Crippen molar-refractivity contribution in [2.24, 2.45) is 0 Å². The summed E-state index contributed by atoms with van der Waals surface area (Å²) in [5.74, 6) is 0.879. The predicted octanol–water partition coefficient (Wildman–Crippen LogP) is 1.43. The first kappa shape index (κ1) is 8.08. The summed E-state index contributed by atoms with van der Waals surface area (Å²) in [6, 6.07) is 10.4. The Balaban J connectivity index is 2.28. The normalized spacial score (nSPS) is 9.55. The quantitative estimate of drug-likeness (QED) is 0.518. The summed E-state index contributed by atoms with van der Waals surface area (Å²) >= 11 is 0. The number of hydrogen-bond donors (Lipinski definition) is 1. The highest BCUT2D eigenvalue weighted by atomic mass is 16.5. The maximum atomic E-state index is 5.32. The fraction of sp³-hybridized carbons (Fsp3) is 0.333. The summed E-state index contributed by atoms with van der Waals surface area (Å²) in [4.78, 5) is 0. The smallest absolute Gasteiger partial charge is 0.139 e. The van der Waals surface area contributed by atoms with Gasteiger partial charge in [0.05, 0.1) is 0 Å². The van der Waals surface area contributed by atoms with Gasteiger partial charge in [0.15, 0.2) is 0 Å². The van der Waals surface area contributed by atoms with Crippen LogP contribution in [0.25, 0.3) is 0 Å². The van der Waals surface area contributed by atoms with Crippen LogP contribution in [0.3, 0.4) is 0 Å². The molecule has 0 bridgehead atoms. The fourth-order valence-electron chi connectivity index (χ4n) is 0.704. The molecule has 0 saturated heterocycles. The minimum atomic E-state index is 0.570. The number of nitrogens with one attached hydrogen (secondary N) is 1. The number of ether oxygens (including phenoxy) is 1. The van der Waals surface area contributed by atoms with E-state index in [2.05, 4.69) is 11.4 Å². The van der Waals surface area contributed by atoms with Gasteiger partial charge in [-0.1, -0.05) is 19.1 Å². The molecule has 0 amide bonds. The lowest BCUT2D eigenvalue weighted by Crippen LogP contribution is -2.19. The molecule has 0 aliphatic carbocycles. The molecule has 1 rings (SSSR count). The number of hydrogen-bond acceptors (Lipinski definition) is 2. The topological polar surface area (TPSA) is 21.3 Å². The first-order valence-electron chi connectivity index (χ1n) is 3.73. The van der Waals surface area contributed by atoms with Gasteiger partial charge in [0.2, 0.25) is 0 Å². The molecule has 2 heteroatoms. The first-order valence-corrected chi connectivity index (χ1v) is 3.73. The molecule has 1 N–H and O–H groups in total. The van der Waals surface area contributed by atoms with E-state index in [1.807, 2.05) is 31.2 Å². The Labute approximate surface area is 67.2 Å². The summed E-state index contributed by atoms with van der Waals surface area (Å²) < 4.78 is 5.32. The zero-order chi connectivity index (χ0) is 7.94. The zero-order valence-corrected chi connectivity index (χ0v) is 6.63. The van der Waals surface area contributed by atoms with Crippen molar-refractivity contribution in [3.05, 3.63) is 30.3 Å². The maximum absolute atomic E-state index is 5.32. The lowest BCUT2D eigenvalue weighted by Gasteiger charge is -2.04. The molecular weight excluding hydrogens is 138 g/mol. The minimum absolute atomic E-state index is 0.570. The van der Waals surface area contributed by atoms with Gasteiger partial charge in [-0.2, -0.15) is 0 Å². The highest BCUT2D eigenvalue weighted by Gasteiger charge is 1.87. The summed E-state index contributed by atoms with van der Waals surface area (Å²) in [6.07, 6.45) is 0. The molecule has 0 aromatic heterocycles. The van der Waals surface area contributed by atoms with Gasteiger partial charge in [0.25, 0.3) is 0 Å². The first-order chi connectivity index (χ1) is 5.43. The van der Waals surface area contributed by atoms with Crippen molar-refractivity contribution < 1.29 is 4.74 Å². The van der Waals surface area contributed by atoms with E-state index >= 15 is 0 Å². The van der Waals surface area contributed by atoms with E-state index in [4.69, 9.17) is 4.74 Å². The van der Waals surface area contributed by atoms with Gasteiger partial charge in [0.1, 0.15) is 12.5 Å². The van der Waals surface area contributed by atoms with Crippen LogP contribution in [0.5, 0.6) is 5.75 Å². The molecule has 59 valence electrons. The second kappa shape index (κ2) is 4.74. The zero-order valence-electron chi connectivity index (χ0n) is 6.63. The van der Waals surface area contributed by atoms with E-state index in [9.17, 15) is 0 Å². The molecule has 0 saturated carbocycles. The van der Waals surface area contributed by atoms with Crippen LogP contribution in [-0.2, 0) is 0 Å². The van der Waals surface area contributed by atoms with Crippen molar-refractivity contribution in [2.75, 3.05) is 13.3 Å². The average Bonchev–Trinajstić information content (AvgIpc) is 2.07. The Morgan fingerprint density at radius 3 is 2.82 bits per heavy atom. The second-order valence-electron chi connectivity index (χ2n) is 2.13. The largest absolute Gasteiger partial charge is 0.478 e. The molecule has 0 aliphatic rings. The van der Waals surface area contributed by atoms with Crippen LogP contribution >= 0.6 is 0 Å². The Morgan fingerprint density at radius 1 is 1.45 bits per heavy atom. The molecule has 0 aliphatic heterocycles. The molecule has 0 unspecified atom stereocenters. The third kappa shape index (κ3) is 3.05. The van der Waals surface area contributed by atoms with Crippen molar-refractivity contribution in [3.8, 4) is 5.75 Å². The van der Waals surface area contributed by atoms with Crippen molar-refractivity contribution in [1.29, 1.82) is 0 Å². The molecule has 11 heavy (non-hydrogen) atoms. The molecule has 0 atom stereocenters. The molecule has 1 aromatic carbocycles. The lowest BCUT2D eigenvalue weighted by molar-refractivity contribution is 0.287. The summed E-state index contributed by atoms with van der Waals surface area (Å²) in [5.41, 5.74) is 0. The molecule has 1 radical (unpaired) electrons. The molecular formula is C9H12NO. The van der Waals surface area contributed by atoms with E-state index < -0.39 is 0 Å². The monoisotopic (exact) mass is 150 g/mol. The second-order valence-corrected chi connectivity index (χ2v) is 2.13. The molecule has 0 heterocycles. The van der Waals surface area contributed by atoms with Crippen molar-refractivity contribution >= 4 is 0 Å². The van der Waals surface area contributed by atoms with Crippen LogP contribution in [0.2, 0.25) is 0 Å². The molecule has 1 aromatic rings. The fourth-order valence-corrected chi connectivity index (χ4v) is 0.704. The van der Waals surface area contributed by atoms with E-state index in [1.54, 1.807) is 0 Å². The van der Waals surface area contributed by atoms with E-state index in [-0.39, 0.29) is 0 Å². The Kier molecular flexibility index (Phi) is 3.48. The van der Waals surface area contributed by atoms with Crippen molar-refractivity contribution in [1.82, 2.24) is 5.32 Å². The van der Waals surface area contributed by atoms with E-state index in [0.29, 0.717) is 6.73 Å². The van der Waals surface area contributed by atoms with Crippen molar-refractivity contribution in [3.63, 3.8) is 0 Å². The van der Waals surface area contributed by atoms with Crippen LogP contribution in [0.4, 0.5) is 0 Å². The van der Waals surface area contributed by atoms with Crippen LogP contribution in [-0.4, -0.2) is 13.3 Å². The SMILES string of the molecule is CCNCOc1cc[c]cc1. The van der Waals surface area contributed by atoms with Crippen LogP contribution < -0.4 is 10.1 Å². The Bertz CT molecular complexity index is 186. The van der Waals surface area contributed by atoms with Gasteiger partial charge in [-0.3, -0.25) is 5.32 Å². The van der Waals surface area contributed by atoms with Gasteiger partial charge in [0, 0.05) is 0 Å². The summed E-state index contributed by atoms with van der Waals surface area (Å²) in [7, 11) is 0. The average molecular weight is 150 g/mol. The molecule has 0 spiro atoms. The summed E-state index contributed by atoms with van der Waals surface area (Å²) in [6.45, 7) is 3.54. The van der Waals surface area contributed by atoms with Crippen molar-refractivity contribution in [2.45, 2.75) is 6.92 Å². The van der Waals surface area contributed by atoms with Crippen LogP contribution in [0.1, 0.15) is 6.92 Å². The van der Waals surface area contributed by atoms with Gasteiger partial charge in [-0.15, -0.1) is 0 Å².